The number of carbonyl (C=O) groups is 5. The topological polar surface area (TPSA) is 148 Å². The van der Waals surface area contributed by atoms with Crippen molar-refractivity contribution in [3.63, 3.8) is 0 Å². The first-order valence-electron chi connectivity index (χ1n) is 13.5. The molecule has 1 heterocycles. The Morgan fingerprint density at radius 3 is 2.11 bits per heavy atom. The molecule has 10 nitrogen and oxygen atoms in total. The molecule has 0 bridgehead atoms. The molecular formula is C27H44N4O6. The highest BCUT2D eigenvalue weighted by atomic mass is 16.6. The fraction of sp³-hybridized carbons (Fsp3) is 0.815. The number of ether oxygens (including phenoxy) is 1. The first kappa shape index (κ1) is 28.9. The second-order valence-electron chi connectivity index (χ2n) is 13.0. The summed E-state index contributed by atoms with van der Waals surface area (Å²) < 4.78 is 5.39. The normalized spacial score (nSPS) is 26.8. The molecule has 6 atom stereocenters. The quantitative estimate of drug-likeness (QED) is 0.397. The minimum Gasteiger partial charge on any atom is -0.444 e. The summed E-state index contributed by atoms with van der Waals surface area (Å²) in [6, 6.07) is -2.70. The zero-order chi connectivity index (χ0) is 27.9. The maximum atomic E-state index is 13.9. The molecule has 0 aromatic carbocycles. The first-order valence-corrected chi connectivity index (χ1v) is 13.5. The molecular weight excluding hydrogens is 476 g/mol. The van der Waals surface area contributed by atoms with Gasteiger partial charge in [0, 0.05) is 6.54 Å². The third-order valence-corrected chi connectivity index (χ3v) is 7.97. The summed E-state index contributed by atoms with van der Waals surface area (Å²) in [6.45, 7) is 13.2. The fourth-order valence-corrected chi connectivity index (χ4v) is 5.83. The number of ketones is 1. The zero-order valence-electron chi connectivity index (χ0n) is 23.3. The van der Waals surface area contributed by atoms with E-state index >= 15 is 0 Å². The van der Waals surface area contributed by atoms with Crippen molar-refractivity contribution in [2.45, 2.75) is 104 Å². The molecule has 3 fully saturated rings. The van der Waals surface area contributed by atoms with Crippen LogP contribution in [-0.2, 0) is 23.9 Å². The number of likely N-dealkylation sites (tertiary alicyclic amines) is 1. The Morgan fingerprint density at radius 2 is 1.65 bits per heavy atom. The molecule has 4 N–H and O–H groups in total. The van der Waals surface area contributed by atoms with E-state index in [0.29, 0.717) is 18.9 Å². The van der Waals surface area contributed by atoms with Crippen LogP contribution >= 0.6 is 0 Å². The van der Waals surface area contributed by atoms with Crippen molar-refractivity contribution in [1.29, 1.82) is 0 Å². The van der Waals surface area contributed by atoms with Gasteiger partial charge in [-0.05, 0) is 56.3 Å². The highest BCUT2D eigenvalue weighted by Gasteiger charge is 2.64. The minimum absolute atomic E-state index is 0.0240. The molecule has 3 rings (SSSR count). The van der Waals surface area contributed by atoms with Gasteiger partial charge in [-0.3, -0.25) is 19.2 Å². The van der Waals surface area contributed by atoms with E-state index in [9.17, 15) is 24.0 Å². The molecule has 37 heavy (non-hydrogen) atoms. The van der Waals surface area contributed by atoms with Crippen molar-refractivity contribution in [2.75, 3.05) is 6.54 Å². The molecule has 2 aliphatic carbocycles. The summed E-state index contributed by atoms with van der Waals surface area (Å²) in [5, 5.41) is 5.50. The van der Waals surface area contributed by atoms with Gasteiger partial charge >= 0.3 is 6.09 Å². The van der Waals surface area contributed by atoms with Crippen LogP contribution in [0.2, 0.25) is 0 Å². The number of piperidine rings is 1. The number of primary amides is 1. The van der Waals surface area contributed by atoms with Gasteiger partial charge in [0.05, 0.1) is 6.04 Å². The van der Waals surface area contributed by atoms with E-state index in [2.05, 4.69) is 17.6 Å². The van der Waals surface area contributed by atoms with Crippen molar-refractivity contribution in [3.05, 3.63) is 0 Å². The van der Waals surface area contributed by atoms with E-state index in [1.807, 2.05) is 20.8 Å². The number of nitrogens with zero attached hydrogens (tertiary/aromatic N) is 1. The fourth-order valence-electron chi connectivity index (χ4n) is 5.83. The molecule has 4 amide bonds. The number of carbonyl (C=O) groups excluding carboxylic acids is 5. The molecule has 2 unspecified atom stereocenters. The number of alkyl carbamates (subject to hydrolysis) is 1. The third-order valence-electron chi connectivity index (χ3n) is 7.97. The number of amides is 4. The van der Waals surface area contributed by atoms with Gasteiger partial charge < -0.3 is 26.0 Å². The Hall–Kier alpha value is -2.65. The van der Waals surface area contributed by atoms with E-state index in [1.165, 1.54) is 0 Å². The minimum atomic E-state index is -1.07. The second-order valence-corrected chi connectivity index (χ2v) is 13.0. The van der Waals surface area contributed by atoms with Crippen LogP contribution in [-0.4, -0.2) is 64.8 Å². The summed E-state index contributed by atoms with van der Waals surface area (Å²) in [5.74, 6) is -1.96. The molecule has 0 aromatic rings. The molecule has 208 valence electrons. The highest BCUT2D eigenvalue weighted by Crippen LogP contribution is 2.57. The molecule has 10 heteroatoms. The van der Waals surface area contributed by atoms with Gasteiger partial charge in [0.1, 0.15) is 17.7 Å². The predicted molar refractivity (Wildman–Crippen MR) is 137 cm³/mol. The van der Waals surface area contributed by atoms with E-state index in [-0.39, 0.29) is 23.7 Å². The van der Waals surface area contributed by atoms with Crippen molar-refractivity contribution < 1.29 is 28.7 Å². The average molecular weight is 521 g/mol. The Labute approximate surface area is 219 Å². The number of nitrogens with one attached hydrogen (secondary N) is 2. The lowest BCUT2D eigenvalue weighted by Crippen LogP contribution is -2.60. The molecule has 2 saturated carbocycles. The Balaban J connectivity index is 1.82. The molecule has 1 saturated heterocycles. The van der Waals surface area contributed by atoms with Crippen LogP contribution < -0.4 is 16.4 Å². The van der Waals surface area contributed by atoms with Gasteiger partial charge in [-0.1, -0.05) is 53.4 Å². The standard InChI is InChI=1S/C27H44N4O6/c1-8-15-16-13-31(24(35)21(26(2,3)4)30-25(36)37-27(5,6)7)19(18(15)16)23(34)29-17(20(32)22(28)33)12-14-10-9-11-14/h14-19,21H,8-13H2,1-7H3,(H2,28,33)(H,29,34)(H,30,36)/t15?,16-,17?,18-,19+,21-/m1/s1. The molecule has 0 aromatic heterocycles. The van der Waals surface area contributed by atoms with Gasteiger partial charge in [0.15, 0.2) is 0 Å². The number of rotatable bonds is 9. The summed E-state index contributed by atoms with van der Waals surface area (Å²) in [7, 11) is 0. The summed E-state index contributed by atoms with van der Waals surface area (Å²) >= 11 is 0. The van der Waals surface area contributed by atoms with Crippen LogP contribution in [0, 0.1) is 29.1 Å². The van der Waals surface area contributed by atoms with Crippen LogP contribution in [0.25, 0.3) is 0 Å². The Morgan fingerprint density at radius 1 is 1.03 bits per heavy atom. The third kappa shape index (κ3) is 6.62. The lowest BCUT2D eigenvalue weighted by atomic mass is 9.80. The monoisotopic (exact) mass is 520 g/mol. The van der Waals surface area contributed by atoms with Gasteiger partial charge in [0.2, 0.25) is 17.6 Å². The van der Waals surface area contributed by atoms with Crippen molar-refractivity contribution in [3.8, 4) is 0 Å². The molecule has 0 spiro atoms. The van der Waals surface area contributed by atoms with Gasteiger partial charge in [-0.2, -0.15) is 0 Å². The van der Waals surface area contributed by atoms with Crippen molar-refractivity contribution in [1.82, 2.24) is 15.5 Å². The van der Waals surface area contributed by atoms with Gasteiger partial charge in [0.25, 0.3) is 5.91 Å². The first-order chi connectivity index (χ1) is 17.0. The number of hydrogen-bond acceptors (Lipinski definition) is 6. The predicted octanol–water partition coefficient (Wildman–Crippen LogP) is 2.14. The van der Waals surface area contributed by atoms with E-state index < -0.39 is 52.8 Å². The van der Waals surface area contributed by atoms with Crippen LogP contribution in [0.15, 0.2) is 0 Å². The van der Waals surface area contributed by atoms with Gasteiger partial charge in [-0.15, -0.1) is 0 Å². The molecule has 3 aliphatic rings. The number of fused-ring (bicyclic) bond motifs is 1. The largest absolute Gasteiger partial charge is 0.444 e. The number of hydrogen-bond donors (Lipinski definition) is 3. The molecule has 1 aliphatic heterocycles. The van der Waals surface area contributed by atoms with Crippen LogP contribution in [0.5, 0.6) is 0 Å². The summed E-state index contributed by atoms with van der Waals surface area (Å²) in [4.78, 5) is 65.9. The second kappa shape index (κ2) is 10.6. The summed E-state index contributed by atoms with van der Waals surface area (Å²) in [6.07, 6.45) is 3.49. The number of Topliss-reactive ketones (excluding diaryl/α,β-unsaturated/α-hetero) is 1. The van der Waals surface area contributed by atoms with E-state index in [4.69, 9.17) is 10.5 Å². The maximum absolute atomic E-state index is 13.9. The maximum Gasteiger partial charge on any atom is 0.408 e. The molecule has 0 radical (unpaired) electrons. The highest BCUT2D eigenvalue weighted by molar-refractivity contribution is 6.37. The van der Waals surface area contributed by atoms with Crippen molar-refractivity contribution >= 4 is 29.6 Å². The van der Waals surface area contributed by atoms with E-state index in [1.54, 1.807) is 25.7 Å². The Bertz CT molecular complexity index is 932. The zero-order valence-corrected chi connectivity index (χ0v) is 23.3. The lowest BCUT2D eigenvalue weighted by molar-refractivity contribution is -0.145. The number of nitrogens with two attached hydrogens (primary N) is 1. The van der Waals surface area contributed by atoms with Crippen LogP contribution in [0.3, 0.4) is 0 Å². The van der Waals surface area contributed by atoms with Crippen LogP contribution in [0.1, 0.15) is 80.6 Å². The smallest absolute Gasteiger partial charge is 0.408 e. The summed E-state index contributed by atoms with van der Waals surface area (Å²) in [5.41, 5.74) is 3.89. The van der Waals surface area contributed by atoms with Crippen LogP contribution in [0.4, 0.5) is 4.79 Å². The van der Waals surface area contributed by atoms with E-state index in [0.717, 1.165) is 25.7 Å². The lowest BCUT2D eigenvalue weighted by Gasteiger charge is -2.37. The SMILES string of the molecule is CCC1[C@@H]2[C@@H]1CN(C(=O)[C@@H](NC(=O)OC(C)(C)C)C(C)(C)C)[C@@H]2C(=O)NC(CC1CCC1)C(=O)C(N)=O. The average Bonchev–Trinajstić information content (AvgIpc) is 3.27. The van der Waals surface area contributed by atoms with Crippen molar-refractivity contribution in [2.24, 2.45) is 34.8 Å². The van der Waals surface area contributed by atoms with Gasteiger partial charge in [-0.25, -0.2) is 4.79 Å². The Kier molecular flexibility index (Phi) is 8.29.